The molecule has 1 aromatic carbocycles. The van der Waals surface area contributed by atoms with Gasteiger partial charge < -0.3 is 14.6 Å². The molecule has 1 N–H and O–H groups in total. The van der Waals surface area contributed by atoms with Crippen LogP contribution >= 0.6 is 0 Å². The first-order valence-electron chi connectivity index (χ1n) is 7.78. The average molecular weight is 284 g/mol. The molecule has 0 bridgehead atoms. The van der Waals surface area contributed by atoms with Crippen LogP contribution in [-0.4, -0.2) is 30.6 Å². The van der Waals surface area contributed by atoms with E-state index in [1.165, 1.54) is 18.4 Å². The van der Waals surface area contributed by atoms with Crippen molar-refractivity contribution in [2.75, 3.05) is 13.6 Å². The topological polar surface area (TPSA) is 28.4 Å². The first-order chi connectivity index (χ1) is 10.2. The quantitative estimate of drug-likeness (QED) is 0.932. The zero-order valence-corrected chi connectivity index (χ0v) is 12.8. The Labute approximate surface area is 127 Å². The third-order valence-corrected chi connectivity index (χ3v) is 4.57. The Morgan fingerprint density at radius 1 is 1.19 bits per heavy atom. The van der Waals surface area contributed by atoms with E-state index in [0.717, 1.165) is 12.3 Å². The van der Waals surface area contributed by atoms with Gasteiger partial charge in [0.15, 0.2) is 0 Å². The summed E-state index contributed by atoms with van der Waals surface area (Å²) in [5.41, 5.74) is 1.26. The van der Waals surface area contributed by atoms with Crippen molar-refractivity contribution in [3.63, 3.8) is 0 Å². The van der Waals surface area contributed by atoms with Gasteiger partial charge in [-0.25, -0.2) is 0 Å². The van der Waals surface area contributed by atoms with Crippen LogP contribution in [-0.2, 0) is 0 Å². The Balaban J connectivity index is 1.77. The van der Waals surface area contributed by atoms with E-state index in [0.29, 0.717) is 12.1 Å². The molecular weight excluding hydrogens is 260 g/mol. The maximum atomic E-state index is 5.67. The van der Waals surface area contributed by atoms with E-state index >= 15 is 0 Å². The summed E-state index contributed by atoms with van der Waals surface area (Å²) >= 11 is 0. The van der Waals surface area contributed by atoms with Crippen molar-refractivity contribution in [2.45, 2.75) is 37.9 Å². The molecule has 2 heterocycles. The molecule has 3 heteroatoms. The summed E-state index contributed by atoms with van der Waals surface area (Å²) < 4.78 is 5.67. The number of piperidine rings is 1. The van der Waals surface area contributed by atoms with Crippen molar-refractivity contribution in [3.05, 3.63) is 60.1 Å². The summed E-state index contributed by atoms with van der Waals surface area (Å²) in [6, 6.07) is 15.9. The average Bonchev–Trinajstić information content (AvgIpc) is 3.03. The maximum Gasteiger partial charge on any atom is 0.125 e. The van der Waals surface area contributed by atoms with E-state index in [1.54, 1.807) is 6.26 Å². The number of hydrogen-bond donors (Lipinski definition) is 1. The van der Waals surface area contributed by atoms with E-state index in [9.17, 15) is 0 Å². The van der Waals surface area contributed by atoms with Gasteiger partial charge in [-0.1, -0.05) is 30.3 Å². The van der Waals surface area contributed by atoms with Gasteiger partial charge in [-0.15, -0.1) is 0 Å². The van der Waals surface area contributed by atoms with Gasteiger partial charge in [-0.2, -0.15) is 0 Å². The van der Waals surface area contributed by atoms with Crippen LogP contribution in [0.25, 0.3) is 0 Å². The monoisotopic (exact) mass is 284 g/mol. The second-order valence-corrected chi connectivity index (χ2v) is 6.08. The molecule has 3 unspecified atom stereocenters. The van der Waals surface area contributed by atoms with Gasteiger partial charge in [-0.05, 0) is 51.1 Å². The largest absolute Gasteiger partial charge is 0.467 e. The van der Waals surface area contributed by atoms with Crippen LogP contribution in [0.2, 0.25) is 0 Å². The molecule has 0 aliphatic carbocycles. The van der Waals surface area contributed by atoms with Crippen LogP contribution in [0, 0.1) is 0 Å². The highest BCUT2D eigenvalue weighted by Gasteiger charge is 2.26. The summed E-state index contributed by atoms with van der Waals surface area (Å²) in [6.45, 7) is 3.46. The predicted octanol–water partition coefficient (Wildman–Crippen LogP) is 3.44. The van der Waals surface area contributed by atoms with Gasteiger partial charge >= 0.3 is 0 Å². The van der Waals surface area contributed by atoms with E-state index in [2.05, 4.69) is 60.6 Å². The second kappa shape index (κ2) is 6.46. The third-order valence-electron chi connectivity index (χ3n) is 4.57. The number of nitrogens with zero attached hydrogens (tertiary/aromatic N) is 1. The second-order valence-electron chi connectivity index (χ2n) is 6.08. The molecule has 0 amide bonds. The number of likely N-dealkylation sites (tertiary alicyclic amines) is 1. The van der Waals surface area contributed by atoms with Crippen molar-refractivity contribution < 1.29 is 4.42 Å². The van der Waals surface area contributed by atoms with Crippen LogP contribution in [0.15, 0.2) is 53.1 Å². The van der Waals surface area contributed by atoms with Crippen molar-refractivity contribution in [1.29, 1.82) is 0 Å². The lowest BCUT2D eigenvalue weighted by Gasteiger charge is -2.37. The fourth-order valence-electron chi connectivity index (χ4n) is 3.12. The highest BCUT2D eigenvalue weighted by Crippen LogP contribution is 2.25. The van der Waals surface area contributed by atoms with Gasteiger partial charge in [0, 0.05) is 12.1 Å². The molecule has 1 aromatic heterocycles. The van der Waals surface area contributed by atoms with Crippen LogP contribution in [0.3, 0.4) is 0 Å². The molecule has 1 saturated heterocycles. The molecule has 21 heavy (non-hydrogen) atoms. The first kappa shape index (κ1) is 14.4. The highest BCUT2D eigenvalue weighted by atomic mass is 16.3. The lowest BCUT2D eigenvalue weighted by Crippen LogP contribution is -2.46. The maximum absolute atomic E-state index is 5.67. The number of furan rings is 1. The van der Waals surface area contributed by atoms with E-state index in [-0.39, 0.29) is 6.04 Å². The molecule has 0 saturated carbocycles. The van der Waals surface area contributed by atoms with Crippen LogP contribution in [0.4, 0.5) is 0 Å². The van der Waals surface area contributed by atoms with Gasteiger partial charge in [0.1, 0.15) is 5.76 Å². The zero-order chi connectivity index (χ0) is 14.7. The molecule has 3 rings (SSSR count). The minimum Gasteiger partial charge on any atom is -0.467 e. The van der Waals surface area contributed by atoms with E-state index in [1.807, 2.05) is 6.07 Å². The van der Waals surface area contributed by atoms with E-state index in [4.69, 9.17) is 4.42 Å². The number of rotatable bonds is 4. The van der Waals surface area contributed by atoms with Gasteiger partial charge in [0.2, 0.25) is 0 Å². The minimum absolute atomic E-state index is 0.141. The van der Waals surface area contributed by atoms with Gasteiger partial charge in [-0.3, -0.25) is 0 Å². The van der Waals surface area contributed by atoms with Crippen LogP contribution in [0.1, 0.15) is 37.1 Å². The Kier molecular flexibility index (Phi) is 4.42. The Morgan fingerprint density at radius 3 is 2.67 bits per heavy atom. The number of nitrogens with one attached hydrogen (secondary N) is 1. The SMILES string of the molecule is CC1CC(NC(c2ccccc2)c2ccco2)CCN1C. The summed E-state index contributed by atoms with van der Waals surface area (Å²) in [5, 5.41) is 3.81. The Hall–Kier alpha value is -1.58. The summed E-state index contributed by atoms with van der Waals surface area (Å²) in [5.74, 6) is 0.993. The highest BCUT2D eigenvalue weighted by molar-refractivity contribution is 5.26. The fourth-order valence-corrected chi connectivity index (χ4v) is 3.12. The summed E-state index contributed by atoms with van der Waals surface area (Å²) in [4.78, 5) is 2.43. The molecule has 3 nitrogen and oxygen atoms in total. The van der Waals surface area contributed by atoms with Gasteiger partial charge in [0.05, 0.1) is 12.3 Å². The van der Waals surface area contributed by atoms with Crippen molar-refractivity contribution in [2.24, 2.45) is 0 Å². The zero-order valence-electron chi connectivity index (χ0n) is 12.8. The standard InChI is InChI=1S/C18H24N2O/c1-14-13-16(10-11-20(14)2)19-18(17-9-6-12-21-17)15-7-4-3-5-8-15/h3-9,12,14,16,18-19H,10-11,13H2,1-2H3. The Morgan fingerprint density at radius 2 is 2.00 bits per heavy atom. The molecule has 2 aromatic rings. The van der Waals surface area contributed by atoms with Crippen molar-refractivity contribution >= 4 is 0 Å². The number of benzene rings is 1. The molecule has 1 aliphatic rings. The Bertz CT molecular complexity index is 538. The third kappa shape index (κ3) is 3.36. The molecule has 1 fully saturated rings. The van der Waals surface area contributed by atoms with Gasteiger partial charge in [0.25, 0.3) is 0 Å². The molecule has 0 radical (unpaired) electrons. The number of hydrogen-bond acceptors (Lipinski definition) is 3. The fraction of sp³-hybridized carbons (Fsp3) is 0.444. The van der Waals surface area contributed by atoms with Crippen molar-refractivity contribution in [1.82, 2.24) is 10.2 Å². The molecule has 112 valence electrons. The smallest absolute Gasteiger partial charge is 0.125 e. The first-order valence-corrected chi connectivity index (χ1v) is 7.78. The lowest BCUT2D eigenvalue weighted by atomic mass is 9.96. The normalized spacial score (nSPS) is 24.9. The van der Waals surface area contributed by atoms with E-state index < -0.39 is 0 Å². The van der Waals surface area contributed by atoms with Crippen LogP contribution < -0.4 is 5.32 Å². The molecule has 3 atom stereocenters. The molecule has 0 spiro atoms. The van der Waals surface area contributed by atoms with Crippen LogP contribution in [0.5, 0.6) is 0 Å². The summed E-state index contributed by atoms with van der Waals surface area (Å²) in [7, 11) is 2.21. The molecule has 1 aliphatic heterocycles. The molecular formula is C18H24N2O. The predicted molar refractivity (Wildman–Crippen MR) is 85.2 cm³/mol. The lowest BCUT2D eigenvalue weighted by molar-refractivity contribution is 0.163. The summed E-state index contributed by atoms with van der Waals surface area (Å²) in [6.07, 6.45) is 4.12. The minimum atomic E-state index is 0.141. The van der Waals surface area contributed by atoms with Crippen molar-refractivity contribution in [3.8, 4) is 0 Å².